The van der Waals surface area contributed by atoms with Crippen molar-refractivity contribution in [3.63, 3.8) is 0 Å². The number of ether oxygens (including phenoxy) is 2. The fourth-order valence-electron chi connectivity index (χ4n) is 4.23. The molecule has 2 aromatic carbocycles. The first-order valence-corrected chi connectivity index (χ1v) is 11.1. The zero-order valence-corrected chi connectivity index (χ0v) is 19.1. The molecule has 2 aromatic rings. The summed E-state index contributed by atoms with van der Waals surface area (Å²) in [5.74, 6) is 0.317. The third-order valence-corrected chi connectivity index (χ3v) is 6.35. The van der Waals surface area contributed by atoms with Gasteiger partial charge in [-0.1, -0.05) is 55.3 Å². The Morgan fingerprint density at radius 2 is 1.68 bits per heavy atom. The molecule has 1 aliphatic rings. The lowest BCUT2D eigenvalue weighted by Crippen LogP contribution is -2.43. The van der Waals surface area contributed by atoms with Crippen LogP contribution in [0.25, 0.3) is 0 Å². The third-order valence-electron chi connectivity index (χ3n) is 6.35. The first kappa shape index (κ1) is 23.3. The maximum Gasteiger partial charge on any atom is 0.227 e. The summed E-state index contributed by atoms with van der Waals surface area (Å²) in [4.78, 5) is 12.9. The summed E-state index contributed by atoms with van der Waals surface area (Å²) in [5, 5.41) is 13.8. The molecule has 0 aliphatic heterocycles. The molecule has 0 spiro atoms. The number of carbonyl (C=O) groups excluding carboxylic acids is 1. The lowest BCUT2D eigenvalue weighted by atomic mass is 9.90. The standard InChI is InChI=1S/C26H35NO4/c1-19(20-10-6-5-7-11-20)24(28)27-23(25(2,3)29)21-12-14-22(15-13-21)31-18-26(30-4)16-8-9-17-26/h5-7,10-15,19,23,29H,8-9,16-18H2,1-4H3,(H,27,28)/t19-,23+/m0/s1. The molecule has 1 saturated carbocycles. The molecule has 168 valence electrons. The van der Waals surface area contributed by atoms with E-state index in [0.717, 1.165) is 29.7 Å². The maximum absolute atomic E-state index is 12.9. The van der Waals surface area contributed by atoms with E-state index in [1.807, 2.05) is 61.5 Å². The van der Waals surface area contributed by atoms with Crippen molar-refractivity contribution < 1.29 is 19.4 Å². The molecule has 2 atom stereocenters. The summed E-state index contributed by atoms with van der Waals surface area (Å²) in [6.45, 7) is 5.82. The van der Waals surface area contributed by atoms with E-state index in [-0.39, 0.29) is 17.4 Å². The van der Waals surface area contributed by atoms with Gasteiger partial charge in [-0.3, -0.25) is 4.79 Å². The van der Waals surface area contributed by atoms with Gasteiger partial charge in [-0.25, -0.2) is 0 Å². The minimum atomic E-state index is -1.13. The highest BCUT2D eigenvalue weighted by Gasteiger charge is 2.35. The fourth-order valence-corrected chi connectivity index (χ4v) is 4.23. The maximum atomic E-state index is 12.9. The fraction of sp³-hybridized carbons (Fsp3) is 0.500. The van der Waals surface area contributed by atoms with Crippen LogP contribution in [0.15, 0.2) is 54.6 Å². The Bertz CT molecular complexity index is 836. The molecule has 1 amide bonds. The van der Waals surface area contributed by atoms with Crippen molar-refractivity contribution >= 4 is 5.91 Å². The number of benzene rings is 2. The van der Waals surface area contributed by atoms with E-state index in [9.17, 15) is 9.90 Å². The van der Waals surface area contributed by atoms with E-state index in [4.69, 9.17) is 9.47 Å². The van der Waals surface area contributed by atoms with E-state index in [1.54, 1.807) is 21.0 Å². The van der Waals surface area contributed by atoms with Crippen molar-refractivity contribution in [2.45, 2.75) is 69.6 Å². The molecule has 3 rings (SSSR count). The molecule has 1 aliphatic carbocycles. The molecule has 0 aromatic heterocycles. The van der Waals surface area contributed by atoms with Crippen LogP contribution in [0.5, 0.6) is 5.75 Å². The lowest BCUT2D eigenvalue weighted by molar-refractivity contribution is -0.125. The van der Waals surface area contributed by atoms with Crippen LogP contribution in [0.3, 0.4) is 0 Å². The van der Waals surface area contributed by atoms with Crippen LogP contribution >= 0.6 is 0 Å². The molecule has 5 heteroatoms. The Kier molecular flexibility index (Phi) is 7.39. The number of methoxy groups -OCH3 is 1. The molecule has 5 nitrogen and oxygen atoms in total. The molecule has 31 heavy (non-hydrogen) atoms. The van der Waals surface area contributed by atoms with Crippen molar-refractivity contribution in [1.82, 2.24) is 5.32 Å². The van der Waals surface area contributed by atoms with Crippen LogP contribution in [0, 0.1) is 0 Å². The van der Waals surface area contributed by atoms with Gasteiger partial charge >= 0.3 is 0 Å². The van der Waals surface area contributed by atoms with Crippen LogP contribution in [0.2, 0.25) is 0 Å². The van der Waals surface area contributed by atoms with E-state index < -0.39 is 11.6 Å². The highest BCUT2D eigenvalue weighted by Crippen LogP contribution is 2.34. The van der Waals surface area contributed by atoms with Gasteiger partial charge in [0.1, 0.15) is 18.0 Å². The average molecular weight is 426 g/mol. The van der Waals surface area contributed by atoms with Gasteiger partial charge in [0.25, 0.3) is 0 Å². The van der Waals surface area contributed by atoms with Crippen molar-refractivity contribution in [3.8, 4) is 5.75 Å². The second-order valence-corrected chi connectivity index (χ2v) is 9.18. The van der Waals surface area contributed by atoms with Gasteiger partial charge in [-0.15, -0.1) is 0 Å². The smallest absolute Gasteiger partial charge is 0.227 e. The number of rotatable bonds is 9. The average Bonchev–Trinajstić information content (AvgIpc) is 3.25. The highest BCUT2D eigenvalue weighted by molar-refractivity contribution is 5.83. The minimum absolute atomic E-state index is 0.123. The van der Waals surface area contributed by atoms with Crippen molar-refractivity contribution in [2.75, 3.05) is 13.7 Å². The molecule has 0 bridgehead atoms. The lowest BCUT2D eigenvalue weighted by Gasteiger charge is -2.32. The highest BCUT2D eigenvalue weighted by atomic mass is 16.5. The van der Waals surface area contributed by atoms with Crippen molar-refractivity contribution in [3.05, 3.63) is 65.7 Å². The zero-order valence-electron chi connectivity index (χ0n) is 19.1. The SMILES string of the molecule is COC1(COc2ccc([C@@H](NC(=O)[C@@H](C)c3ccccc3)C(C)(C)O)cc2)CCCC1. The molecule has 0 saturated heterocycles. The van der Waals surface area contributed by atoms with Gasteiger partial charge in [-0.05, 0) is 56.9 Å². The summed E-state index contributed by atoms with van der Waals surface area (Å²) < 4.78 is 11.7. The largest absolute Gasteiger partial charge is 0.491 e. The van der Waals surface area contributed by atoms with Gasteiger partial charge in [0, 0.05) is 7.11 Å². The first-order valence-electron chi connectivity index (χ1n) is 11.1. The van der Waals surface area contributed by atoms with Gasteiger partial charge in [-0.2, -0.15) is 0 Å². The van der Waals surface area contributed by atoms with E-state index in [0.29, 0.717) is 6.61 Å². The van der Waals surface area contributed by atoms with Gasteiger partial charge < -0.3 is 19.9 Å². The quantitative estimate of drug-likeness (QED) is 0.608. The molecule has 0 radical (unpaired) electrons. The molecule has 0 heterocycles. The molecule has 1 fully saturated rings. The van der Waals surface area contributed by atoms with Crippen LogP contribution in [-0.2, 0) is 9.53 Å². The van der Waals surface area contributed by atoms with Gasteiger partial charge in [0.15, 0.2) is 0 Å². The molecular weight excluding hydrogens is 390 g/mol. The molecule has 0 unspecified atom stereocenters. The number of nitrogens with one attached hydrogen (secondary N) is 1. The van der Waals surface area contributed by atoms with Crippen molar-refractivity contribution in [2.24, 2.45) is 0 Å². The summed E-state index contributed by atoms with van der Waals surface area (Å²) >= 11 is 0. The molecule has 2 N–H and O–H groups in total. The summed E-state index contributed by atoms with van der Waals surface area (Å²) in [7, 11) is 1.75. The Hall–Kier alpha value is -2.37. The second-order valence-electron chi connectivity index (χ2n) is 9.18. The van der Waals surface area contributed by atoms with Crippen LogP contribution in [-0.4, -0.2) is 35.9 Å². The normalized spacial score (nSPS) is 17.7. The summed E-state index contributed by atoms with van der Waals surface area (Å²) in [5.41, 5.74) is 0.460. The second kappa shape index (κ2) is 9.84. The number of hydrogen-bond donors (Lipinski definition) is 2. The Morgan fingerprint density at radius 3 is 2.23 bits per heavy atom. The van der Waals surface area contributed by atoms with Crippen LogP contribution < -0.4 is 10.1 Å². The minimum Gasteiger partial charge on any atom is -0.491 e. The van der Waals surface area contributed by atoms with E-state index in [1.165, 1.54) is 12.8 Å². The predicted octanol–water partition coefficient (Wildman–Crippen LogP) is 4.76. The van der Waals surface area contributed by atoms with Gasteiger partial charge in [0.05, 0.1) is 17.6 Å². The summed E-state index contributed by atoms with van der Waals surface area (Å²) in [6.07, 6.45) is 4.39. The Labute approximate surface area is 185 Å². The van der Waals surface area contributed by atoms with E-state index in [2.05, 4.69) is 5.32 Å². The number of aliphatic hydroxyl groups is 1. The first-order chi connectivity index (χ1) is 14.7. The monoisotopic (exact) mass is 425 g/mol. The zero-order chi connectivity index (χ0) is 22.5. The van der Waals surface area contributed by atoms with Crippen LogP contribution in [0.4, 0.5) is 0 Å². The molecular formula is C26H35NO4. The topological polar surface area (TPSA) is 67.8 Å². The number of amides is 1. The van der Waals surface area contributed by atoms with E-state index >= 15 is 0 Å². The third kappa shape index (κ3) is 5.86. The number of carbonyl (C=O) groups is 1. The van der Waals surface area contributed by atoms with Gasteiger partial charge in [0.2, 0.25) is 5.91 Å². The predicted molar refractivity (Wildman–Crippen MR) is 122 cm³/mol. The Morgan fingerprint density at radius 1 is 1.06 bits per heavy atom. The summed E-state index contributed by atoms with van der Waals surface area (Å²) in [6, 6.07) is 16.7. The Balaban J connectivity index is 1.69. The number of hydrogen-bond acceptors (Lipinski definition) is 4. The van der Waals surface area contributed by atoms with Crippen molar-refractivity contribution in [1.29, 1.82) is 0 Å². The van der Waals surface area contributed by atoms with Crippen LogP contribution in [0.1, 0.15) is 69.5 Å².